The Morgan fingerprint density at radius 1 is 1.16 bits per heavy atom. The minimum Gasteiger partial charge on any atom is -0.373 e. The number of hydrogen-bond donors (Lipinski definition) is 2. The maximum Gasteiger partial charge on any atom is 0.134 e. The Morgan fingerprint density at radius 2 is 1.84 bits per heavy atom. The molecule has 0 aliphatic rings. The topological polar surface area (TPSA) is 53.1 Å². The summed E-state index contributed by atoms with van der Waals surface area (Å²) in [5.74, 6) is 2.78. The van der Waals surface area contributed by atoms with Crippen LogP contribution in [0, 0.1) is 6.92 Å². The van der Waals surface area contributed by atoms with Gasteiger partial charge in [0.15, 0.2) is 0 Å². The summed E-state index contributed by atoms with van der Waals surface area (Å²) >= 11 is 0. The molecule has 0 aromatic carbocycles. The molecule has 1 aromatic heterocycles. The van der Waals surface area contributed by atoms with Crippen molar-refractivity contribution in [3.8, 4) is 0 Å². The molecular formula is C14H27N5. The molecular weight excluding hydrogens is 238 g/mol. The molecule has 0 bridgehead atoms. The number of rotatable bonds is 8. The zero-order valence-corrected chi connectivity index (χ0v) is 12.9. The Bertz CT molecular complexity index is 392. The molecule has 0 fully saturated rings. The van der Waals surface area contributed by atoms with Crippen LogP contribution in [0.5, 0.6) is 0 Å². The summed E-state index contributed by atoms with van der Waals surface area (Å²) in [6.07, 6.45) is 1.97. The van der Waals surface area contributed by atoms with Crippen LogP contribution in [0.3, 0.4) is 0 Å². The van der Waals surface area contributed by atoms with E-state index in [2.05, 4.69) is 46.4 Å². The minimum absolute atomic E-state index is 0.900. The summed E-state index contributed by atoms with van der Waals surface area (Å²) in [6, 6.07) is 0. The van der Waals surface area contributed by atoms with Gasteiger partial charge in [0.2, 0.25) is 0 Å². The van der Waals surface area contributed by atoms with Crippen LogP contribution in [0.1, 0.15) is 31.7 Å². The van der Waals surface area contributed by atoms with E-state index in [1.807, 2.05) is 14.0 Å². The molecule has 0 unspecified atom stereocenters. The highest BCUT2D eigenvalue weighted by Crippen LogP contribution is 2.19. The maximum absolute atomic E-state index is 4.61. The molecule has 0 atom stereocenters. The molecule has 0 spiro atoms. The molecule has 0 amide bonds. The first-order valence-corrected chi connectivity index (χ1v) is 7.10. The second kappa shape index (κ2) is 7.94. The molecule has 1 aromatic rings. The van der Waals surface area contributed by atoms with Crippen molar-refractivity contribution in [1.29, 1.82) is 0 Å². The molecule has 0 aliphatic heterocycles. The van der Waals surface area contributed by atoms with Crippen LogP contribution < -0.4 is 10.6 Å². The molecule has 0 radical (unpaired) electrons. The first-order valence-electron chi connectivity index (χ1n) is 7.10. The third-order valence-corrected chi connectivity index (χ3v) is 3.23. The molecule has 1 rings (SSSR count). The van der Waals surface area contributed by atoms with E-state index in [4.69, 9.17) is 0 Å². The number of anilines is 2. The molecule has 2 N–H and O–H groups in total. The van der Waals surface area contributed by atoms with Crippen LogP contribution in [0.2, 0.25) is 0 Å². The molecule has 0 saturated heterocycles. The van der Waals surface area contributed by atoms with Gasteiger partial charge in [-0.05, 0) is 26.9 Å². The van der Waals surface area contributed by atoms with E-state index in [0.29, 0.717) is 0 Å². The number of aryl methyl sites for hydroxylation is 1. The molecule has 108 valence electrons. The molecule has 1 heterocycles. The number of nitrogens with one attached hydrogen (secondary N) is 2. The van der Waals surface area contributed by atoms with Crippen LogP contribution in [0.4, 0.5) is 11.6 Å². The predicted octanol–water partition coefficient (Wildman–Crippen LogP) is 2.14. The van der Waals surface area contributed by atoms with Crippen molar-refractivity contribution in [2.45, 2.75) is 33.6 Å². The van der Waals surface area contributed by atoms with Crippen LogP contribution in [0.25, 0.3) is 0 Å². The summed E-state index contributed by atoms with van der Waals surface area (Å²) in [6.45, 7) is 9.33. The van der Waals surface area contributed by atoms with Gasteiger partial charge >= 0.3 is 0 Å². The van der Waals surface area contributed by atoms with Gasteiger partial charge in [-0.2, -0.15) is 0 Å². The third-order valence-electron chi connectivity index (χ3n) is 3.23. The van der Waals surface area contributed by atoms with Crippen LogP contribution in [-0.2, 0) is 6.42 Å². The van der Waals surface area contributed by atoms with Gasteiger partial charge in [0.05, 0.1) is 0 Å². The van der Waals surface area contributed by atoms with Gasteiger partial charge in [-0.3, -0.25) is 0 Å². The van der Waals surface area contributed by atoms with Crippen molar-refractivity contribution in [2.24, 2.45) is 0 Å². The molecule has 5 nitrogen and oxygen atoms in total. The fourth-order valence-corrected chi connectivity index (χ4v) is 1.84. The number of aromatic nitrogens is 2. The quantitative estimate of drug-likeness (QED) is 0.754. The first kappa shape index (κ1) is 15.7. The van der Waals surface area contributed by atoms with Crippen LogP contribution in [-0.4, -0.2) is 48.6 Å². The predicted molar refractivity (Wildman–Crippen MR) is 82.0 cm³/mol. The largest absolute Gasteiger partial charge is 0.373 e. The Hall–Kier alpha value is -1.36. The van der Waals surface area contributed by atoms with Crippen LogP contribution in [0.15, 0.2) is 0 Å². The fourth-order valence-electron chi connectivity index (χ4n) is 1.84. The number of nitrogens with zero attached hydrogens (tertiary/aromatic N) is 3. The van der Waals surface area contributed by atoms with Gasteiger partial charge in [0.25, 0.3) is 0 Å². The Morgan fingerprint density at radius 3 is 2.42 bits per heavy atom. The zero-order valence-electron chi connectivity index (χ0n) is 12.9. The summed E-state index contributed by atoms with van der Waals surface area (Å²) < 4.78 is 0. The van der Waals surface area contributed by atoms with Gasteiger partial charge in [-0.1, -0.05) is 13.8 Å². The molecule has 0 aliphatic carbocycles. The Kier molecular flexibility index (Phi) is 6.56. The Labute approximate surface area is 116 Å². The summed E-state index contributed by atoms with van der Waals surface area (Å²) in [4.78, 5) is 11.4. The molecule has 5 heteroatoms. The smallest absolute Gasteiger partial charge is 0.134 e. The highest BCUT2D eigenvalue weighted by atomic mass is 15.1. The van der Waals surface area contributed by atoms with E-state index in [1.54, 1.807) is 0 Å². The second-order valence-corrected chi connectivity index (χ2v) is 4.78. The van der Waals surface area contributed by atoms with Crippen molar-refractivity contribution < 1.29 is 0 Å². The van der Waals surface area contributed by atoms with Gasteiger partial charge in [0, 0.05) is 32.1 Å². The van der Waals surface area contributed by atoms with Gasteiger partial charge in [-0.15, -0.1) is 0 Å². The lowest BCUT2D eigenvalue weighted by Crippen LogP contribution is -2.25. The van der Waals surface area contributed by atoms with E-state index < -0.39 is 0 Å². The van der Waals surface area contributed by atoms with Crippen LogP contribution >= 0.6 is 0 Å². The normalized spacial score (nSPS) is 10.8. The van der Waals surface area contributed by atoms with Crippen molar-refractivity contribution in [1.82, 2.24) is 14.9 Å². The lowest BCUT2D eigenvalue weighted by atomic mass is 10.2. The Balaban J connectivity index is 2.77. The second-order valence-electron chi connectivity index (χ2n) is 4.78. The lowest BCUT2D eigenvalue weighted by molar-refractivity contribution is 0.367. The summed E-state index contributed by atoms with van der Waals surface area (Å²) in [7, 11) is 4.02. The molecule has 19 heavy (non-hydrogen) atoms. The summed E-state index contributed by atoms with van der Waals surface area (Å²) in [5.41, 5.74) is 1.08. The zero-order chi connectivity index (χ0) is 14.3. The average Bonchev–Trinajstić information content (AvgIpc) is 2.41. The van der Waals surface area contributed by atoms with E-state index in [0.717, 1.165) is 55.5 Å². The highest BCUT2D eigenvalue weighted by Gasteiger charge is 2.09. The third kappa shape index (κ3) is 4.67. The monoisotopic (exact) mass is 265 g/mol. The standard InChI is InChI=1S/C14H27N5/c1-6-8-12-17-13(15-4)11(3)14(18-12)16-9-10-19(5)7-2/h6-10H2,1-5H3,(H2,15,16,17,18). The molecule has 0 saturated carbocycles. The SMILES string of the molecule is CCCc1nc(NC)c(C)c(NCCN(C)CC)n1. The summed E-state index contributed by atoms with van der Waals surface area (Å²) in [5, 5.41) is 6.56. The van der Waals surface area contributed by atoms with Crippen molar-refractivity contribution in [3.63, 3.8) is 0 Å². The lowest BCUT2D eigenvalue weighted by Gasteiger charge is -2.17. The fraction of sp³-hybridized carbons (Fsp3) is 0.714. The van der Waals surface area contributed by atoms with E-state index in [1.165, 1.54) is 0 Å². The first-order chi connectivity index (χ1) is 9.12. The van der Waals surface area contributed by atoms with E-state index in [9.17, 15) is 0 Å². The number of likely N-dealkylation sites (N-methyl/N-ethyl adjacent to an activating group) is 1. The average molecular weight is 265 g/mol. The maximum atomic E-state index is 4.61. The van der Waals surface area contributed by atoms with E-state index in [-0.39, 0.29) is 0 Å². The van der Waals surface area contributed by atoms with Crippen molar-refractivity contribution >= 4 is 11.6 Å². The minimum atomic E-state index is 0.900. The van der Waals surface area contributed by atoms with Gasteiger partial charge in [0.1, 0.15) is 17.5 Å². The highest BCUT2D eigenvalue weighted by molar-refractivity contribution is 5.56. The van der Waals surface area contributed by atoms with Gasteiger partial charge < -0.3 is 15.5 Å². The van der Waals surface area contributed by atoms with Gasteiger partial charge in [-0.25, -0.2) is 9.97 Å². The van der Waals surface area contributed by atoms with Crippen molar-refractivity contribution in [2.75, 3.05) is 44.4 Å². The van der Waals surface area contributed by atoms with E-state index >= 15 is 0 Å². The number of hydrogen-bond acceptors (Lipinski definition) is 5. The van der Waals surface area contributed by atoms with Crippen molar-refractivity contribution in [3.05, 3.63) is 11.4 Å².